The van der Waals surface area contributed by atoms with Crippen LogP contribution < -0.4 is 0 Å². The van der Waals surface area contributed by atoms with E-state index in [1.165, 1.54) is 0 Å². The molecule has 114 valence electrons. The second kappa shape index (κ2) is 7.08. The van der Waals surface area contributed by atoms with Crippen LogP contribution >= 0.6 is 0 Å². The van der Waals surface area contributed by atoms with Gasteiger partial charge in [-0.1, -0.05) is 66.7 Å². The monoisotopic (exact) mass is 294 g/mol. The molecule has 0 bridgehead atoms. The Morgan fingerprint density at radius 2 is 1.36 bits per heavy atom. The molecular weight excluding hydrogens is 272 g/mol. The molecule has 0 aromatic heterocycles. The summed E-state index contributed by atoms with van der Waals surface area (Å²) in [7, 11) is 0. The lowest BCUT2D eigenvalue weighted by molar-refractivity contribution is -0.153. The third kappa shape index (κ3) is 4.88. The Morgan fingerprint density at radius 1 is 0.909 bits per heavy atom. The van der Waals surface area contributed by atoms with Gasteiger partial charge in [0.05, 0.1) is 6.42 Å². The van der Waals surface area contributed by atoms with Crippen molar-refractivity contribution >= 4 is 11.5 Å². The van der Waals surface area contributed by atoms with Crippen molar-refractivity contribution in [2.45, 2.75) is 32.8 Å². The zero-order valence-electron chi connectivity index (χ0n) is 13.4. The highest BCUT2D eigenvalue weighted by Gasteiger charge is 2.15. The van der Waals surface area contributed by atoms with Gasteiger partial charge in [-0.15, -0.1) is 0 Å². The quantitative estimate of drug-likeness (QED) is 0.753. The van der Waals surface area contributed by atoms with E-state index in [1.807, 2.05) is 87.5 Å². The van der Waals surface area contributed by atoms with Crippen LogP contribution in [0.15, 0.2) is 66.7 Å². The van der Waals surface area contributed by atoms with Gasteiger partial charge < -0.3 is 4.74 Å². The van der Waals surface area contributed by atoms with E-state index >= 15 is 0 Å². The Morgan fingerprint density at radius 3 is 1.77 bits per heavy atom. The first-order valence-corrected chi connectivity index (χ1v) is 7.48. The minimum absolute atomic E-state index is 0.211. The van der Waals surface area contributed by atoms with E-state index < -0.39 is 5.60 Å². The summed E-state index contributed by atoms with van der Waals surface area (Å²) in [6, 6.07) is 20.2. The lowest BCUT2D eigenvalue weighted by Gasteiger charge is -2.19. The second-order valence-corrected chi connectivity index (χ2v) is 6.14. The first kappa shape index (κ1) is 16.0. The first-order chi connectivity index (χ1) is 10.5. The van der Waals surface area contributed by atoms with Gasteiger partial charge in [0.1, 0.15) is 5.60 Å². The van der Waals surface area contributed by atoms with Crippen molar-refractivity contribution in [2.24, 2.45) is 0 Å². The van der Waals surface area contributed by atoms with Crippen LogP contribution in [-0.4, -0.2) is 11.6 Å². The lowest BCUT2D eigenvalue weighted by atomic mass is 9.97. The van der Waals surface area contributed by atoms with Gasteiger partial charge in [0.2, 0.25) is 0 Å². The van der Waals surface area contributed by atoms with Crippen LogP contribution in [0.4, 0.5) is 0 Å². The molecule has 2 aromatic rings. The number of esters is 1. The summed E-state index contributed by atoms with van der Waals surface area (Å²) in [4.78, 5) is 12.0. The van der Waals surface area contributed by atoms with E-state index in [-0.39, 0.29) is 12.4 Å². The van der Waals surface area contributed by atoms with Crippen molar-refractivity contribution in [3.05, 3.63) is 77.9 Å². The second-order valence-electron chi connectivity index (χ2n) is 6.14. The smallest absolute Gasteiger partial charge is 0.310 e. The summed E-state index contributed by atoms with van der Waals surface area (Å²) in [5.74, 6) is -0.211. The fourth-order valence-electron chi connectivity index (χ4n) is 2.21. The topological polar surface area (TPSA) is 26.3 Å². The van der Waals surface area contributed by atoms with E-state index in [2.05, 4.69) is 0 Å². The SMILES string of the molecule is CC(C)(C)OC(=O)CC=C(c1ccccc1)c1ccccc1. The average Bonchev–Trinajstić information content (AvgIpc) is 2.48. The third-order valence-corrected chi connectivity index (χ3v) is 3.06. The molecule has 0 N–H and O–H groups in total. The maximum atomic E-state index is 12.0. The molecule has 0 atom stereocenters. The molecule has 0 aliphatic heterocycles. The Hall–Kier alpha value is -2.35. The van der Waals surface area contributed by atoms with E-state index in [9.17, 15) is 4.79 Å². The molecule has 0 heterocycles. The minimum Gasteiger partial charge on any atom is -0.460 e. The molecule has 22 heavy (non-hydrogen) atoms. The van der Waals surface area contributed by atoms with Crippen molar-refractivity contribution in [2.75, 3.05) is 0 Å². The molecule has 0 amide bonds. The minimum atomic E-state index is -0.454. The number of carbonyl (C=O) groups is 1. The fraction of sp³-hybridized carbons (Fsp3) is 0.250. The van der Waals surface area contributed by atoms with Gasteiger partial charge >= 0.3 is 5.97 Å². The summed E-state index contributed by atoms with van der Waals surface area (Å²) in [5, 5.41) is 0. The molecule has 0 aliphatic carbocycles. The molecular formula is C20H22O2. The van der Waals surface area contributed by atoms with Gasteiger partial charge in [0, 0.05) is 0 Å². The van der Waals surface area contributed by atoms with Gasteiger partial charge in [-0.25, -0.2) is 0 Å². The number of hydrogen-bond donors (Lipinski definition) is 0. The van der Waals surface area contributed by atoms with Crippen molar-refractivity contribution in [1.29, 1.82) is 0 Å². The van der Waals surface area contributed by atoms with E-state index in [1.54, 1.807) is 0 Å². The van der Waals surface area contributed by atoms with Gasteiger partial charge in [-0.3, -0.25) is 4.79 Å². The Labute approximate surface area is 132 Å². The van der Waals surface area contributed by atoms with Gasteiger partial charge in [-0.2, -0.15) is 0 Å². The summed E-state index contributed by atoms with van der Waals surface area (Å²) in [5.41, 5.74) is 2.78. The predicted molar refractivity (Wildman–Crippen MR) is 90.4 cm³/mol. The predicted octanol–water partition coefficient (Wildman–Crippen LogP) is 4.85. The molecule has 0 fully saturated rings. The molecule has 0 aliphatic rings. The fourth-order valence-corrected chi connectivity index (χ4v) is 2.21. The van der Waals surface area contributed by atoms with E-state index in [0.29, 0.717) is 0 Å². The zero-order valence-corrected chi connectivity index (χ0v) is 13.4. The van der Waals surface area contributed by atoms with Crippen LogP contribution in [0, 0.1) is 0 Å². The number of ether oxygens (including phenoxy) is 1. The summed E-state index contributed by atoms with van der Waals surface area (Å²) < 4.78 is 5.38. The highest BCUT2D eigenvalue weighted by molar-refractivity contribution is 5.83. The molecule has 2 heteroatoms. The molecule has 2 nitrogen and oxygen atoms in total. The highest BCUT2D eigenvalue weighted by Crippen LogP contribution is 2.24. The van der Waals surface area contributed by atoms with Crippen molar-refractivity contribution in [1.82, 2.24) is 0 Å². The van der Waals surface area contributed by atoms with Gasteiger partial charge in [0.15, 0.2) is 0 Å². The molecule has 0 unspecified atom stereocenters. The normalized spacial score (nSPS) is 10.9. The van der Waals surface area contributed by atoms with Crippen molar-refractivity contribution < 1.29 is 9.53 Å². The average molecular weight is 294 g/mol. The zero-order chi connectivity index (χ0) is 16.0. The van der Waals surface area contributed by atoms with Crippen LogP contribution in [0.2, 0.25) is 0 Å². The lowest BCUT2D eigenvalue weighted by Crippen LogP contribution is -2.23. The summed E-state index contributed by atoms with van der Waals surface area (Å²) >= 11 is 0. The third-order valence-electron chi connectivity index (χ3n) is 3.06. The van der Waals surface area contributed by atoms with Crippen LogP contribution in [0.25, 0.3) is 5.57 Å². The molecule has 2 aromatic carbocycles. The number of benzene rings is 2. The Bertz CT molecular complexity index is 593. The largest absolute Gasteiger partial charge is 0.460 e. The molecule has 0 saturated carbocycles. The summed E-state index contributed by atoms with van der Waals surface area (Å²) in [6.45, 7) is 5.64. The van der Waals surface area contributed by atoms with E-state index in [0.717, 1.165) is 16.7 Å². The van der Waals surface area contributed by atoms with Gasteiger partial charge in [0.25, 0.3) is 0 Å². The van der Waals surface area contributed by atoms with Crippen molar-refractivity contribution in [3.8, 4) is 0 Å². The standard InChI is InChI=1S/C20H22O2/c1-20(2,3)22-19(21)15-14-18(16-10-6-4-7-11-16)17-12-8-5-9-13-17/h4-14H,15H2,1-3H3. The Balaban J connectivity index is 2.26. The molecule has 0 radical (unpaired) electrons. The number of hydrogen-bond acceptors (Lipinski definition) is 2. The molecule has 0 saturated heterocycles. The van der Waals surface area contributed by atoms with Crippen molar-refractivity contribution in [3.63, 3.8) is 0 Å². The Kier molecular flexibility index (Phi) is 5.16. The summed E-state index contributed by atoms with van der Waals surface area (Å²) in [6.07, 6.45) is 2.20. The van der Waals surface area contributed by atoms with Crippen LogP contribution in [0.1, 0.15) is 38.3 Å². The van der Waals surface area contributed by atoms with E-state index in [4.69, 9.17) is 4.74 Å². The van der Waals surface area contributed by atoms with Crippen LogP contribution in [0.3, 0.4) is 0 Å². The van der Waals surface area contributed by atoms with Crippen LogP contribution in [-0.2, 0) is 9.53 Å². The number of carbonyl (C=O) groups excluding carboxylic acids is 1. The highest BCUT2D eigenvalue weighted by atomic mass is 16.6. The van der Waals surface area contributed by atoms with Gasteiger partial charge in [-0.05, 0) is 37.5 Å². The molecule has 0 spiro atoms. The maximum absolute atomic E-state index is 12.0. The maximum Gasteiger partial charge on any atom is 0.310 e. The molecule has 2 rings (SSSR count). The number of rotatable bonds is 4. The van der Waals surface area contributed by atoms with Crippen LogP contribution in [0.5, 0.6) is 0 Å². The first-order valence-electron chi connectivity index (χ1n) is 7.48.